The molecular formula is C42H31NO2. The molecule has 0 spiro atoms. The predicted molar refractivity (Wildman–Crippen MR) is 184 cm³/mol. The molecule has 5 aromatic carbocycles. The highest BCUT2D eigenvalue weighted by molar-refractivity contribution is 6.10. The van der Waals surface area contributed by atoms with Crippen molar-refractivity contribution in [1.29, 1.82) is 0 Å². The Hall–Kier alpha value is -5.28. The van der Waals surface area contributed by atoms with Crippen molar-refractivity contribution in [1.82, 2.24) is 0 Å². The van der Waals surface area contributed by atoms with Gasteiger partial charge in [-0.15, -0.1) is 0 Å². The summed E-state index contributed by atoms with van der Waals surface area (Å²) >= 11 is 0. The van der Waals surface area contributed by atoms with Gasteiger partial charge in [0.25, 0.3) is 0 Å². The second-order valence-corrected chi connectivity index (χ2v) is 12.7. The van der Waals surface area contributed by atoms with Gasteiger partial charge >= 0.3 is 0 Å². The number of nitrogens with zero attached hydrogens (tertiary/aromatic N) is 1. The lowest BCUT2D eigenvalue weighted by Crippen LogP contribution is -2.39. The quantitative estimate of drug-likeness (QED) is 0.208. The van der Waals surface area contributed by atoms with Crippen LogP contribution < -0.4 is 9.64 Å². The van der Waals surface area contributed by atoms with Gasteiger partial charge in [-0.3, -0.25) is 0 Å². The average molecular weight is 582 g/mol. The minimum Gasteiger partial charge on any atom is -0.484 e. The van der Waals surface area contributed by atoms with Crippen molar-refractivity contribution in [2.75, 3.05) is 4.90 Å². The highest BCUT2D eigenvalue weighted by Gasteiger charge is 2.50. The summed E-state index contributed by atoms with van der Waals surface area (Å²) in [4.78, 5) is 2.55. The van der Waals surface area contributed by atoms with Gasteiger partial charge in [-0.1, -0.05) is 103 Å². The van der Waals surface area contributed by atoms with Gasteiger partial charge in [-0.2, -0.15) is 0 Å². The van der Waals surface area contributed by atoms with E-state index < -0.39 is 0 Å². The fourth-order valence-electron chi connectivity index (χ4n) is 8.30. The van der Waals surface area contributed by atoms with Crippen LogP contribution in [0.1, 0.15) is 47.4 Å². The topological polar surface area (TPSA) is 25.6 Å². The van der Waals surface area contributed by atoms with Crippen molar-refractivity contribution in [3.63, 3.8) is 0 Å². The molecule has 0 radical (unpaired) electrons. The molecule has 3 unspecified atom stereocenters. The first-order chi connectivity index (χ1) is 22.3. The summed E-state index contributed by atoms with van der Waals surface area (Å²) in [7, 11) is 0. The average Bonchev–Trinajstić information content (AvgIpc) is 3.78. The molecule has 6 aromatic rings. The maximum atomic E-state index is 6.82. The Labute approximate surface area is 262 Å². The van der Waals surface area contributed by atoms with Crippen LogP contribution >= 0.6 is 0 Å². The van der Waals surface area contributed by atoms with E-state index in [0.29, 0.717) is 0 Å². The van der Waals surface area contributed by atoms with Gasteiger partial charge in [0.1, 0.15) is 17.4 Å². The van der Waals surface area contributed by atoms with Crippen molar-refractivity contribution in [2.45, 2.75) is 37.3 Å². The van der Waals surface area contributed by atoms with E-state index in [9.17, 15) is 0 Å². The van der Waals surface area contributed by atoms with Gasteiger partial charge in [0.15, 0.2) is 5.58 Å². The van der Waals surface area contributed by atoms with Crippen LogP contribution in [0.15, 0.2) is 138 Å². The minimum atomic E-state index is -0.0224. The maximum absolute atomic E-state index is 6.82. The third kappa shape index (κ3) is 3.70. The Morgan fingerprint density at radius 1 is 0.689 bits per heavy atom. The lowest BCUT2D eigenvalue weighted by Gasteiger charge is -2.35. The standard InChI is InChI=1S/C42H31NO2/c1-2-10-26(11-3-1)27-12-8-13-28(24-27)29-20-22-35-34(25-29)40-36(23-21-33-31-15-5-7-19-39(31)45-42(33)40)43(35)37-17-9-16-32-30-14-4-6-18-38(30)44-41(32)37/h1-7,9-11,13-22,24-25,36,40,42H,8,12,23H2. The zero-order valence-electron chi connectivity index (χ0n) is 24.8. The van der Waals surface area contributed by atoms with Gasteiger partial charge in [-0.05, 0) is 77.4 Å². The van der Waals surface area contributed by atoms with Crippen LogP contribution in [0.3, 0.4) is 0 Å². The molecule has 2 aliphatic heterocycles. The lowest BCUT2D eigenvalue weighted by atomic mass is 9.78. The van der Waals surface area contributed by atoms with E-state index >= 15 is 0 Å². The number of hydrogen-bond acceptors (Lipinski definition) is 3. The van der Waals surface area contributed by atoms with Crippen molar-refractivity contribution < 1.29 is 9.15 Å². The van der Waals surface area contributed by atoms with E-state index in [4.69, 9.17) is 9.15 Å². The third-order valence-electron chi connectivity index (χ3n) is 10.3. The molecule has 216 valence electrons. The second kappa shape index (κ2) is 9.61. The fourth-order valence-corrected chi connectivity index (χ4v) is 8.30. The molecule has 0 bridgehead atoms. The smallest absolute Gasteiger partial charge is 0.159 e. The molecule has 1 aromatic heterocycles. The van der Waals surface area contributed by atoms with Crippen molar-refractivity contribution in [3.05, 3.63) is 156 Å². The summed E-state index contributed by atoms with van der Waals surface area (Å²) in [6.07, 6.45) is 10.3. The van der Waals surface area contributed by atoms with Gasteiger partial charge in [0.05, 0.1) is 5.69 Å². The van der Waals surface area contributed by atoms with Crippen LogP contribution in [0, 0.1) is 0 Å². The number of furan rings is 1. The number of rotatable bonds is 3. The molecule has 0 fully saturated rings. The molecule has 3 heterocycles. The molecule has 4 aliphatic rings. The van der Waals surface area contributed by atoms with Gasteiger partial charge in [-0.25, -0.2) is 0 Å². The first-order valence-corrected chi connectivity index (χ1v) is 16.1. The Morgan fingerprint density at radius 2 is 1.53 bits per heavy atom. The molecule has 0 N–H and O–H groups in total. The summed E-state index contributed by atoms with van der Waals surface area (Å²) in [5.41, 5.74) is 13.5. The molecule has 0 saturated heterocycles. The molecule has 3 heteroatoms. The number of benzene rings is 5. The van der Waals surface area contributed by atoms with Crippen molar-refractivity contribution >= 4 is 50.0 Å². The van der Waals surface area contributed by atoms with E-state index in [0.717, 1.165) is 52.6 Å². The molecule has 10 rings (SSSR count). The maximum Gasteiger partial charge on any atom is 0.159 e. The largest absolute Gasteiger partial charge is 0.484 e. The molecule has 3 nitrogen and oxygen atoms in total. The fraction of sp³-hybridized carbons (Fsp3) is 0.143. The van der Waals surface area contributed by atoms with Crippen LogP contribution in [0.25, 0.3) is 38.7 Å². The lowest BCUT2D eigenvalue weighted by molar-refractivity contribution is 0.224. The number of para-hydroxylation sites is 3. The number of fused-ring (bicyclic) bond motifs is 10. The predicted octanol–water partition coefficient (Wildman–Crippen LogP) is 10.7. The van der Waals surface area contributed by atoms with Gasteiger partial charge in [0, 0.05) is 39.6 Å². The van der Waals surface area contributed by atoms with Crippen molar-refractivity contribution in [3.8, 4) is 5.75 Å². The zero-order chi connectivity index (χ0) is 29.5. The third-order valence-corrected chi connectivity index (χ3v) is 10.3. The van der Waals surface area contributed by atoms with E-state index in [1.165, 1.54) is 44.7 Å². The molecule has 3 atom stereocenters. The summed E-state index contributed by atoms with van der Waals surface area (Å²) in [5.74, 6) is 1.18. The van der Waals surface area contributed by atoms with E-state index in [2.05, 4.69) is 132 Å². The normalized spacial score (nSPS) is 21.4. The summed E-state index contributed by atoms with van der Waals surface area (Å²) in [6.45, 7) is 0. The summed E-state index contributed by atoms with van der Waals surface area (Å²) in [6, 6.07) is 41.6. The number of allylic oxidation sites excluding steroid dienone is 4. The number of hydrogen-bond donors (Lipinski definition) is 0. The summed E-state index contributed by atoms with van der Waals surface area (Å²) < 4.78 is 13.4. The zero-order valence-corrected chi connectivity index (χ0v) is 24.8. The van der Waals surface area contributed by atoms with E-state index in [1.807, 2.05) is 6.07 Å². The Bertz CT molecular complexity index is 2250. The number of anilines is 2. The minimum absolute atomic E-state index is 0.0224. The second-order valence-electron chi connectivity index (χ2n) is 12.7. The first-order valence-electron chi connectivity index (χ1n) is 16.1. The van der Waals surface area contributed by atoms with Crippen LogP contribution in [0.4, 0.5) is 11.4 Å². The van der Waals surface area contributed by atoms with Crippen LogP contribution in [-0.4, -0.2) is 12.1 Å². The monoisotopic (exact) mass is 581 g/mol. The van der Waals surface area contributed by atoms with Crippen LogP contribution in [0.5, 0.6) is 5.75 Å². The SMILES string of the molecule is C1=C(c2ccc3c(c2)C2C4Oc5ccccc5C4=CCC2N3c2cccc3c2oc2ccccc23)C=C(c2ccccc2)CC1. The van der Waals surface area contributed by atoms with E-state index in [1.54, 1.807) is 0 Å². The Balaban J connectivity index is 1.14. The highest BCUT2D eigenvalue weighted by atomic mass is 16.5. The Kier molecular flexibility index (Phi) is 5.36. The van der Waals surface area contributed by atoms with Gasteiger partial charge in [0.2, 0.25) is 0 Å². The molecule has 0 amide bonds. The highest BCUT2D eigenvalue weighted by Crippen LogP contribution is 2.57. The Morgan fingerprint density at radius 3 is 2.49 bits per heavy atom. The molecule has 45 heavy (non-hydrogen) atoms. The van der Waals surface area contributed by atoms with E-state index in [-0.39, 0.29) is 18.1 Å². The van der Waals surface area contributed by atoms with Crippen LogP contribution in [0.2, 0.25) is 0 Å². The molecule has 2 aliphatic carbocycles. The first kappa shape index (κ1) is 25.1. The van der Waals surface area contributed by atoms with Crippen LogP contribution in [-0.2, 0) is 0 Å². The summed E-state index contributed by atoms with van der Waals surface area (Å²) in [5, 5.41) is 2.32. The van der Waals surface area contributed by atoms with Gasteiger partial charge < -0.3 is 14.1 Å². The number of ether oxygens (including phenoxy) is 1. The van der Waals surface area contributed by atoms with Crippen molar-refractivity contribution in [2.24, 2.45) is 0 Å². The molecular weight excluding hydrogens is 550 g/mol. The molecule has 0 saturated carbocycles.